The molecule has 2 saturated heterocycles. The number of aromatic hydroxyl groups is 1. The van der Waals surface area contributed by atoms with Gasteiger partial charge in [0.05, 0.1) is 35.2 Å². The molecule has 33 heavy (non-hydrogen) atoms. The number of carbonyl (C=O) groups excluding carboxylic acids is 2. The van der Waals surface area contributed by atoms with Gasteiger partial charge in [-0.1, -0.05) is 19.3 Å². The summed E-state index contributed by atoms with van der Waals surface area (Å²) in [4.78, 5) is 28.5. The number of rotatable bonds is 4. The number of imide groups is 1. The number of fused-ring (bicyclic) bond motifs is 3. The number of aliphatic hydroxyl groups excluding tert-OH is 1. The summed E-state index contributed by atoms with van der Waals surface area (Å²) in [6.07, 6.45) is 4.83. The van der Waals surface area contributed by atoms with Crippen LogP contribution in [0.5, 0.6) is 11.5 Å². The number of methoxy groups -OCH3 is 1. The average molecular weight is 571 g/mol. The Morgan fingerprint density at radius 1 is 1.18 bits per heavy atom. The first-order chi connectivity index (χ1) is 15.8. The van der Waals surface area contributed by atoms with Crippen LogP contribution in [0.1, 0.15) is 56.6 Å². The van der Waals surface area contributed by atoms with Gasteiger partial charge in [0, 0.05) is 17.9 Å². The predicted molar refractivity (Wildman–Crippen MR) is 125 cm³/mol. The number of benzene rings is 1. The van der Waals surface area contributed by atoms with Gasteiger partial charge in [-0.25, -0.2) is 0 Å². The van der Waals surface area contributed by atoms with Crippen LogP contribution in [-0.4, -0.2) is 57.6 Å². The lowest BCUT2D eigenvalue weighted by molar-refractivity contribution is -0.274. The van der Waals surface area contributed by atoms with Gasteiger partial charge in [-0.3, -0.25) is 14.5 Å². The van der Waals surface area contributed by atoms with Gasteiger partial charge in [-0.15, -0.1) is 0 Å². The van der Waals surface area contributed by atoms with E-state index in [1.165, 1.54) is 12.0 Å². The first kappa shape index (κ1) is 23.3. The fourth-order valence-electron chi connectivity index (χ4n) is 6.56. The van der Waals surface area contributed by atoms with Gasteiger partial charge in [0.2, 0.25) is 11.8 Å². The van der Waals surface area contributed by atoms with Crippen molar-refractivity contribution in [2.45, 2.75) is 62.9 Å². The van der Waals surface area contributed by atoms with Crippen LogP contribution in [0.15, 0.2) is 12.1 Å². The number of likely N-dealkylation sites (tertiary alicyclic amines) is 1. The SMILES string of the molecule is COc1cc([C@@H]2C[C@H]3[C@H]4C(=O)N(C5CCCCC5)C(=O)[C@H]4C[C@H](CO)[C@@]3(O)O2)cc(I)c1O. The monoisotopic (exact) mass is 571 g/mol. The van der Waals surface area contributed by atoms with Crippen molar-refractivity contribution in [1.29, 1.82) is 0 Å². The molecule has 4 fully saturated rings. The quantitative estimate of drug-likeness (QED) is 0.376. The second-order valence-corrected chi connectivity index (χ2v) is 11.0. The van der Waals surface area contributed by atoms with Crippen LogP contribution in [-0.2, 0) is 14.3 Å². The van der Waals surface area contributed by atoms with Crippen molar-refractivity contribution in [2.24, 2.45) is 23.7 Å². The number of aliphatic hydroxyl groups is 2. The molecule has 3 N–H and O–H groups in total. The zero-order valence-electron chi connectivity index (χ0n) is 18.6. The third-order valence-electron chi connectivity index (χ3n) is 8.20. The molecule has 2 aliphatic carbocycles. The van der Waals surface area contributed by atoms with E-state index in [-0.39, 0.29) is 36.6 Å². The molecule has 0 aromatic heterocycles. The van der Waals surface area contributed by atoms with Crippen molar-refractivity contribution in [3.05, 3.63) is 21.3 Å². The summed E-state index contributed by atoms with van der Waals surface area (Å²) in [5.74, 6) is -4.14. The van der Waals surface area contributed by atoms with Crippen LogP contribution >= 0.6 is 22.6 Å². The minimum absolute atomic E-state index is 0.0314. The third-order valence-corrected chi connectivity index (χ3v) is 9.02. The minimum Gasteiger partial charge on any atom is -0.504 e. The van der Waals surface area contributed by atoms with Gasteiger partial charge in [0.15, 0.2) is 17.3 Å². The highest BCUT2D eigenvalue weighted by molar-refractivity contribution is 14.1. The molecule has 8 nitrogen and oxygen atoms in total. The maximum Gasteiger partial charge on any atom is 0.233 e. The summed E-state index contributed by atoms with van der Waals surface area (Å²) >= 11 is 2.01. The van der Waals surface area contributed by atoms with Gasteiger partial charge < -0.3 is 24.8 Å². The highest BCUT2D eigenvalue weighted by Crippen LogP contribution is 2.59. The molecule has 0 spiro atoms. The van der Waals surface area contributed by atoms with Crippen LogP contribution in [0, 0.1) is 27.2 Å². The van der Waals surface area contributed by atoms with Crippen LogP contribution in [0.2, 0.25) is 0 Å². The molecule has 0 bridgehead atoms. The molecular weight excluding hydrogens is 541 g/mol. The molecule has 2 heterocycles. The Bertz CT molecular complexity index is 964. The van der Waals surface area contributed by atoms with E-state index in [2.05, 4.69) is 0 Å². The van der Waals surface area contributed by atoms with Crippen molar-refractivity contribution in [3.8, 4) is 11.5 Å². The number of phenols is 1. The Labute approximate surface area is 206 Å². The highest BCUT2D eigenvalue weighted by Gasteiger charge is 2.67. The van der Waals surface area contributed by atoms with Gasteiger partial charge in [0.25, 0.3) is 0 Å². The average Bonchev–Trinajstić information content (AvgIpc) is 3.29. The molecule has 0 unspecified atom stereocenters. The number of hydrogen-bond acceptors (Lipinski definition) is 7. The lowest BCUT2D eigenvalue weighted by atomic mass is 9.64. The van der Waals surface area contributed by atoms with Gasteiger partial charge in [-0.05, 0) is 66.0 Å². The number of ether oxygens (including phenoxy) is 2. The third kappa shape index (κ3) is 3.57. The first-order valence-corrected chi connectivity index (χ1v) is 12.8. The predicted octanol–water partition coefficient (Wildman–Crippen LogP) is 2.72. The lowest BCUT2D eigenvalue weighted by Gasteiger charge is -2.44. The topological polar surface area (TPSA) is 117 Å². The molecular formula is C24H30INO7. The molecule has 2 aliphatic heterocycles. The molecule has 180 valence electrons. The fraction of sp³-hybridized carbons (Fsp3) is 0.667. The second-order valence-electron chi connectivity index (χ2n) is 9.84. The summed E-state index contributed by atoms with van der Waals surface area (Å²) in [6, 6.07) is 3.38. The van der Waals surface area contributed by atoms with Gasteiger partial charge in [-0.2, -0.15) is 0 Å². The number of amides is 2. The molecule has 0 radical (unpaired) electrons. The Hall–Kier alpha value is -1.43. The Morgan fingerprint density at radius 3 is 2.58 bits per heavy atom. The molecule has 2 amide bonds. The maximum absolute atomic E-state index is 13.6. The van der Waals surface area contributed by atoms with Crippen LogP contribution in [0.3, 0.4) is 0 Å². The second kappa shape index (κ2) is 8.66. The number of phenolic OH excluding ortho intramolecular Hbond substituents is 1. The molecule has 2 saturated carbocycles. The van der Waals surface area contributed by atoms with Crippen LogP contribution in [0.4, 0.5) is 0 Å². The summed E-state index contributed by atoms with van der Waals surface area (Å²) in [5.41, 5.74) is 0.714. The van der Waals surface area contributed by atoms with E-state index >= 15 is 0 Å². The van der Waals surface area contributed by atoms with E-state index < -0.39 is 35.6 Å². The van der Waals surface area contributed by atoms with Crippen molar-refractivity contribution in [3.63, 3.8) is 0 Å². The van der Waals surface area contributed by atoms with E-state index in [1.54, 1.807) is 12.1 Å². The zero-order chi connectivity index (χ0) is 23.5. The van der Waals surface area contributed by atoms with E-state index in [4.69, 9.17) is 9.47 Å². The summed E-state index contributed by atoms with van der Waals surface area (Å²) in [6.45, 7) is -0.329. The Balaban J connectivity index is 1.49. The fourth-order valence-corrected chi connectivity index (χ4v) is 7.18. The highest BCUT2D eigenvalue weighted by atomic mass is 127. The van der Waals surface area contributed by atoms with Crippen molar-refractivity contribution < 1.29 is 34.4 Å². The Kier molecular flexibility index (Phi) is 6.12. The van der Waals surface area contributed by atoms with Gasteiger partial charge in [0.1, 0.15) is 0 Å². The smallest absolute Gasteiger partial charge is 0.233 e. The molecule has 5 rings (SSSR count). The molecule has 9 heteroatoms. The number of nitrogens with zero attached hydrogens (tertiary/aromatic N) is 1. The maximum atomic E-state index is 13.6. The van der Waals surface area contributed by atoms with Crippen molar-refractivity contribution >= 4 is 34.4 Å². The van der Waals surface area contributed by atoms with Crippen LogP contribution in [0.25, 0.3) is 0 Å². The molecule has 1 aromatic carbocycles. The van der Waals surface area contributed by atoms with E-state index in [1.807, 2.05) is 22.6 Å². The van der Waals surface area contributed by atoms with E-state index in [0.29, 0.717) is 21.3 Å². The molecule has 4 aliphatic rings. The van der Waals surface area contributed by atoms with E-state index in [9.17, 15) is 24.9 Å². The standard InChI is InChI=1S/C24H30INO7/c1-32-19-8-12(7-17(25)21(19)28)18-10-16-20-15(9-13(11-27)24(16,31)33-18)22(29)26(23(20)30)14-5-3-2-4-6-14/h7-8,13-16,18,20,27-28,31H,2-6,9-11H2,1H3/t13-,15+,16+,18+,20+,24-/m1/s1. The van der Waals surface area contributed by atoms with Gasteiger partial charge >= 0.3 is 0 Å². The van der Waals surface area contributed by atoms with Crippen LogP contribution < -0.4 is 4.74 Å². The minimum atomic E-state index is -1.70. The molecule has 1 aromatic rings. The van der Waals surface area contributed by atoms with Crippen molar-refractivity contribution in [2.75, 3.05) is 13.7 Å². The lowest BCUT2D eigenvalue weighted by Crippen LogP contribution is -2.54. The number of carbonyl (C=O) groups is 2. The number of halogens is 1. The van der Waals surface area contributed by atoms with E-state index in [0.717, 1.165) is 32.1 Å². The number of hydrogen-bond donors (Lipinski definition) is 3. The zero-order valence-corrected chi connectivity index (χ0v) is 20.7. The van der Waals surface area contributed by atoms with Crippen molar-refractivity contribution in [1.82, 2.24) is 4.90 Å². The summed E-state index contributed by atoms with van der Waals surface area (Å²) < 4.78 is 12.0. The summed E-state index contributed by atoms with van der Waals surface area (Å²) in [5, 5.41) is 32.0. The molecule has 6 atom stereocenters. The largest absolute Gasteiger partial charge is 0.504 e. The Morgan fingerprint density at radius 2 is 1.91 bits per heavy atom. The normalized spacial score (nSPS) is 36.7. The summed E-state index contributed by atoms with van der Waals surface area (Å²) in [7, 11) is 1.47. The first-order valence-electron chi connectivity index (χ1n) is 11.7.